The SMILES string of the molecule is Cc1cc(C(=O)O)sc1-c1ccnn1-c1ccccc1. The lowest BCUT2D eigenvalue weighted by Gasteiger charge is -2.06. The van der Waals surface area contributed by atoms with Gasteiger partial charge in [-0.25, -0.2) is 9.48 Å². The second kappa shape index (κ2) is 4.94. The van der Waals surface area contributed by atoms with Crippen LogP contribution in [-0.2, 0) is 0 Å². The molecule has 0 spiro atoms. The smallest absolute Gasteiger partial charge is 0.345 e. The molecule has 20 heavy (non-hydrogen) atoms. The van der Waals surface area contributed by atoms with Crippen molar-refractivity contribution in [1.82, 2.24) is 9.78 Å². The molecule has 0 fully saturated rings. The van der Waals surface area contributed by atoms with Gasteiger partial charge < -0.3 is 5.11 Å². The monoisotopic (exact) mass is 284 g/mol. The number of hydrogen-bond donors (Lipinski definition) is 1. The van der Waals surface area contributed by atoms with Crippen LogP contribution in [0.15, 0.2) is 48.7 Å². The Bertz CT molecular complexity index is 759. The summed E-state index contributed by atoms with van der Waals surface area (Å²) in [5, 5.41) is 13.4. The van der Waals surface area contributed by atoms with Crippen LogP contribution in [0.25, 0.3) is 16.3 Å². The summed E-state index contributed by atoms with van der Waals surface area (Å²) < 4.78 is 1.82. The van der Waals surface area contributed by atoms with Crippen molar-refractivity contribution in [1.29, 1.82) is 0 Å². The molecule has 0 saturated heterocycles. The van der Waals surface area contributed by atoms with Gasteiger partial charge in [0.15, 0.2) is 0 Å². The van der Waals surface area contributed by atoms with E-state index in [1.54, 1.807) is 12.3 Å². The zero-order chi connectivity index (χ0) is 14.1. The number of benzene rings is 1. The first-order valence-corrected chi connectivity index (χ1v) is 6.92. The molecule has 2 heterocycles. The van der Waals surface area contributed by atoms with Gasteiger partial charge >= 0.3 is 5.97 Å². The molecule has 2 aromatic heterocycles. The Kier molecular flexibility index (Phi) is 3.12. The first-order chi connectivity index (χ1) is 9.66. The molecule has 100 valence electrons. The molecule has 0 aliphatic heterocycles. The maximum Gasteiger partial charge on any atom is 0.345 e. The standard InChI is InChI=1S/C15H12N2O2S/c1-10-9-13(15(18)19)20-14(10)12-7-8-16-17(12)11-5-3-2-4-6-11/h2-9H,1H3,(H,18,19). The molecule has 0 aliphatic carbocycles. The number of carboxylic acids is 1. The van der Waals surface area contributed by atoms with Crippen LogP contribution < -0.4 is 0 Å². The normalized spacial score (nSPS) is 10.7. The van der Waals surface area contributed by atoms with Crippen LogP contribution in [0, 0.1) is 6.92 Å². The van der Waals surface area contributed by atoms with Gasteiger partial charge in [0.25, 0.3) is 0 Å². The summed E-state index contributed by atoms with van der Waals surface area (Å²) in [6.45, 7) is 1.92. The molecular formula is C15H12N2O2S. The molecule has 4 nitrogen and oxygen atoms in total. The van der Waals surface area contributed by atoms with Crippen LogP contribution in [0.1, 0.15) is 15.2 Å². The van der Waals surface area contributed by atoms with E-state index in [-0.39, 0.29) is 0 Å². The topological polar surface area (TPSA) is 55.1 Å². The minimum Gasteiger partial charge on any atom is -0.477 e. The van der Waals surface area contributed by atoms with Crippen LogP contribution in [0.3, 0.4) is 0 Å². The lowest BCUT2D eigenvalue weighted by molar-refractivity contribution is 0.0702. The largest absolute Gasteiger partial charge is 0.477 e. The second-order valence-corrected chi connectivity index (χ2v) is 5.44. The third-order valence-electron chi connectivity index (χ3n) is 3.00. The Morgan fingerprint density at radius 1 is 1.25 bits per heavy atom. The highest BCUT2D eigenvalue weighted by atomic mass is 32.1. The predicted octanol–water partition coefficient (Wildman–Crippen LogP) is 3.61. The van der Waals surface area contributed by atoms with Gasteiger partial charge in [0.2, 0.25) is 0 Å². The molecular weight excluding hydrogens is 272 g/mol. The maximum absolute atomic E-state index is 11.1. The summed E-state index contributed by atoms with van der Waals surface area (Å²) in [5.74, 6) is -0.893. The Morgan fingerprint density at radius 2 is 2.00 bits per heavy atom. The number of aromatic carboxylic acids is 1. The zero-order valence-corrected chi connectivity index (χ0v) is 11.6. The van der Waals surface area contributed by atoms with Gasteiger partial charge in [-0.3, -0.25) is 0 Å². The first kappa shape index (κ1) is 12.6. The third kappa shape index (κ3) is 2.12. The van der Waals surface area contributed by atoms with Gasteiger partial charge in [-0.05, 0) is 36.8 Å². The van der Waals surface area contributed by atoms with Crippen molar-refractivity contribution >= 4 is 17.3 Å². The molecule has 0 aliphatic rings. The minimum absolute atomic E-state index is 0.346. The lowest BCUT2D eigenvalue weighted by atomic mass is 10.2. The van der Waals surface area contributed by atoms with Crippen LogP contribution >= 0.6 is 11.3 Å². The second-order valence-electron chi connectivity index (χ2n) is 4.39. The number of carboxylic acid groups (broad SMARTS) is 1. The van der Waals surface area contributed by atoms with E-state index in [4.69, 9.17) is 5.11 Å². The van der Waals surface area contributed by atoms with E-state index in [9.17, 15) is 4.79 Å². The summed E-state index contributed by atoms with van der Waals surface area (Å²) in [7, 11) is 0. The van der Waals surface area contributed by atoms with Gasteiger partial charge in [-0.15, -0.1) is 11.3 Å². The zero-order valence-electron chi connectivity index (χ0n) is 10.8. The van der Waals surface area contributed by atoms with Crippen molar-refractivity contribution in [3.63, 3.8) is 0 Å². The van der Waals surface area contributed by atoms with Crippen LogP contribution in [0.4, 0.5) is 0 Å². The van der Waals surface area contributed by atoms with Gasteiger partial charge in [-0.2, -0.15) is 5.10 Å². The first-order valence-electron chi connectivity index (χ1n) is 6.10. The molecule has 3 rings (SSSR count). The number of aromatic nitrogens is 2. The van der Waals surface area contributed by atoms with Crippen LogP contribution in [0.2, 0.25) is 0 Å². The van der Waals surface area contributed by atoms with Gasteiger partial charge in [-0.1, -0.05) is 18.2 Å². The maximum atomic E-state index is 11.1. The fourth-order valence-corrected chi connectivity index (χ4v) is 3.11. The number of aryl methyl sites for hydroxylation is 1. The molecule has 1 N–H and O–H groups in total. The average molecular weight is 284 g/mol. The Balaban J connectivity index is 2.13. The fraction of sp³-hybridized carbons (Fsp3) is 0.0667. The highest BCUT2D eigenvalue weighted by Crippen LogP contribution is 2.33. The Hall–Kier alpha value is -2.40. The number of rotatable bonds is 3. The van der Waals surface area contributed by atoms with Gasteiger partial charge in [0, 0.05) is 0 Å². The van der Waals surface area contributed by atoms with E-state index in [0.29, 0.717) is 4.88 Å². The van der Waals surface area contributed by atoms with Crippen molar-refractivity contribution in [2.75, 3.05) is 0 Å². The quantitative estimate of drug-likeness (QED) is 0.799. The van der Waals surface area contributed by atoms with E-state index >= 15 is 0 Å². The van der Waals surface area contributed by atoms with Crippen molar-refractivity contribution in [2.24, 2.45) is 0 Å². The highest BCUT2D eigenvalue weighted by molar-refractivity contribution is 7.17. The lowest BCUT2D eigenvalue weighted by Crippen LogP contribution is -1.97. The van der Waals surface area contributed by atoms with Crippen LogP contribution in [-0.4, -0.2) is 20.9 Å². The van der Waals surface area contributed by atoms with E-state index in [2.05, 4.69) is 5.10 Å². The number of para-hydroxylation sites is 1. The molecule has 0 unspecified atom stereocenters. The Labute approximate surface area is 119 Å². The summed E-state index contributed by atoms with van der Waals surface area (Å²) in [4.78, 5) is 12.4. The van der Waals surface area contributed by atoms with E-state index in [0.717, 1.165) is 21.8 Å². The Morgan fingerprint density at radius 3 is 2.65 bits per heavy atom. The molecule has 1 aromatic carbocycles. The van der Waals surface area contributed by atoms with Crippen molar-refractivity contribution in [2.45, 2.75) is 6.92 Å². The number of hydrogen-bond acceptors (Lipinski definition) is 3. The summed E-state index contributed by atoms with van der Waals surface area (Å²) in [6, 6.07) is 13.4. The van der Waals surface area contributed by atoms with Crippen LogP contribution in [0.5, 0.6) is 0 Å². The number of thiophene rings is 1. The highest BCUT2D eigenvalue weighted by Gasteiger charge is 2.16. The van der Waals surface area contributed by atoms with Crippen molar-refractivity contribution < 1.29 is 9.90 Å². The molecule has 0 saturated carbocycles. The average Bonchev–Trinajstić information content (AvgIpc) is 3.05. The molecule has 3 aromatic rings. The molecule has 0 bridgehead atoms. The van der Waals surface area contributed by atoms with Crippen molar-refractivity contribution in [3.05, 3.63) is 59.1 Å². The van der Waals surface area contributed by atoms with Crippen molar-refractivity contribution in [3.8, 4) is 16.3 Å². The number of nitrogens with zero attached hydrogens (tertiary/aromatic N) is 2. The molecule has 0 amide bonds. The fourth-order valence-electron chi connectivity index (χ4n) is 2.09. The molecule has 0 radical (unpaired) electrons. The number of carbonyl (C=O) groups is 1. The summed E-state index contributed by atoms with van der Waals surface area (Å²) in [6.07, 6.45) is 1.72. The molecule has 0 atom stereocenters. The summed E-state index contributed by atoms with van der Waals surface area (Å²) >= 11 is 1.27. The van der Waals surface area contributed by atoms with Gasteiger partial charge in [0.05, 0.1) is 22.5 Å². The predicted molar refractivity (Wildman–Crippen MR) is 78.6 cm³/mol. The third-order valence-corrected chi connectivity index (χ3v) is 4.25. The molecule has 5 heteroatoms. The van der Waals surface area contributed by atoms with E-state index in [1.807, 2.05) is 48.0 Å². The van der Waals surface area contributed by atoms with Gasteiger partial charge in [0.1, 0.15) is 4.88 Å². The van der Waals surface area contributed by atoms with E-state index < -0.39 is 5.97 Å². The minimum atomic E-state index is -0.893. The van der Waals surface area contributed by atoms with E-state index in [1.165, 1.54) is 11.3 Å². The summed E-state index contributed by atoms with van der Waals surface area (Å²) in [5.41, 5.74) is 2.81.